The molecule has 0 spiro atoms. The molecule has 0 bridgehead atoms. The van der Waals surface area contributed by atoms with Gasteiger partial charge in [-0.25, -0.2) is 4.98 Å². The van der Waals surface area contributed by atoms with Crippen LogP contribution in [0.3, 0.4) is 0 Å². The standard InChI is InChI=1S/C19H21N3O3/c1-11(2)14-8-15(17(24)9-16(14)23)19(25)22(4)13-7-12-5-6-21(3)18(12)20-10-13/h5-11,23-24H,1-4H3. The largest absolute Gasteiger partial charge is 0.508 e. The van der Waals surface area contributed by atoms with Crippen LogP contribution in [0.15, 0.2) is 36.7 Å². The van der Waals surface area contributed by atoms with Crippen LogP contribution in [0.1, 0.15) is 35.7 Å². The Hall–Kier alpha value is -3.02. The van der Waals surface area contributed by atoms with Crippen LogP contribution in [0.2, 0.25) is 0 Å². The molecule has 0 saturated heterocycles. The van der Waals surface area contributed by atoms with E-state index < -0.39 is 0 Å². The van der Waals surface area contributed by atoms with Gasteiger partial charge in [0.15, 0.2) is 0 Å². The molecule has 3 aromatic rings. The number of carbonyl (C=O) groups is 1. The number of aromatic hydroxyl groups is 2. The van der Waals surface area contributed by atoms with E-state index in [4.69, 9.17) is 0 Å². The number of carbonyl (C=O) groups excluding carboxylic acids is 1. The van der Waals surface area contributed by atoms with Gasteiger partial charge in [0.25, 0.3) is 5.91 Å². The highest BCUT2D eigenvalue weighted by molar-refractivity contribution is 6.08. The number of amides is 1. The highest BCUT2D eigenvalue weighted by Crippen LogP contribution is 2.33. The number of nitrogens with zero attached hydrogens (tertiary/aromatic N) is 3. The first-order valence-electron chi connectivity index (χ1n) is 8.04. The Bertz CT molecular complexity index is 960. The molecule has 0 fully saturated rings. The Balaban J connectivity index is 2.00. The molecule has 25 heavy (non-hydrogen) atoms. The summed E-state index contributed by atoms with van der Waals surface area (Å²) in [6.07, 6.45) is 3.53. The smallest absolute Gasteiger partial charge is 0.261 e. The fraction of sp³-hybridized carbons (Fsp3) is 0.263. The van der Waals surface area contributed by atoms with Crippen molar-refractivity contribution in [3.8, 4) is 11.5 Å². The second-order valence-corrected chi connectivity index (χ2v) is 6.48. The molecule has 1 aromatic carbocycles. The van der Waals surface area contributed by atoms with Gasteiger partial charge in [0.2, 0.25) is 0 Å². The van der Waals surface area contributed by atoms with Gasteiger partial charge in [-0.2, -0.15) is 0 Å². The first-order chi connectivity index (χ1) is 11.8. The van der Waals surface area contributed by atoms with Crippen LogP contribution < -0.4 is 4.90 Å². The molecule has 0 radical (unpaired) electrons. The van der Waals surface area contributed by atoms with Crippen LogP contribution >= 0.6 is 0 Å². The van der Waals surface area contributed by atoms with Crippen LogP contribution in [0.4, 0.5) is 5.69 Å². The fourth-order valence-corrected chi connectivity index (χ4v) is 2.85. The Kier molecular flexibility index (Phi) is 4.12. The van der Waals surface area contributed by atoms with Gasteiger partial charge in [-0.1, -0.05) is 13.8 Å². The molecular weight excluding hydrogens is 318 g/mol. The van der Waals surface area contributed by atoms with Crippen LogP contribution in [-0.4, -0.2) is 32.7 Å². The second kappa shape index (κ2) is 6.12. The molecule has 2 N–H and O–H groups in total. The number of fused-ring (bicyclic) bond motifs is 1. The van der Waals surface area contributed by atoms with E-state index in [9.17, 15) is 15.0 Å². The zero-order valence-corrected chi connectivity index (χ0v) is 14.7. The van der Waals surface area contributed by atoms with Gasteiger partial charge in [-0.3, -0.25) is 4.79 Å². The quantitative estimate of drug-likeness (QED) is 0.767. The maximum atomic E-state index is 12.8. The number of rotatable bonds is 3. The molecule has 0 saturated carbocycles. The molecule has 0 aliphatic heterocycles. The van der Waals surface area contributed by atoms with Crippen molar-refractivity contribution in [3.63, 3.8) is 0 Å². The van der Waals surface area contributed by atoms with Crippen molar-refractivity contribution in [1.29, 1.82) is 0 Å². The third-order valence-corrected chi connectivity index (χ3v) is 4.38. The van der Waals surface area contributed by atoms with Crippen LogP contribution in [-0.2, 0) is 7.05 Å². The number of benzene rings is 1. The van der Waals surface area contributed by atoms with E-state index in [1.165, 1.54) is 11.0 Å². The van der Waals surface area contributed by atoms with Gasteiger partial charge in [0, 0.05) is 31.7 Å². The Morgan fingerprint density at radius 2 is 1.92 bits per heavy atom. The summed E-state index contributed by atoms with van der Waals surface area (Å²) in [6, 6.07) is 6.57. The minimum absolute atomic E-state index is 0.0147. The number of anilines is 1. The van der Waals surface area contributed by atoms with E-state index in [1.807, 2.05) is 43.8 Å². The van der Waals surface area contributed by atoms with Gasteiger partial charge in [0.1, 0.15) is 17.1 Å². The number of aromatic nitrogens is 2. The number of pyridine rings is 1. The molecule has 0 atom stereocenters. The van der Waals surface area contributed by atoms with E-state index in [0.717, 1.165) is 11.0 Å². The predicted molar refractivity (Wildman–Crippen MR) is 97.3 cm³/mol. The molecule has 2 heterocycles. The Morgan fingerprint density at radius 3 is 2.60 bits per heavy atom. The lowest BCUT2D eigenvalue weighted by Crippen LogP contribution is -2.26. The number of hydrogen-bond donors (Lipinski definition) is 2. The van der Waals surface area contributed by atoms with Gasteiger partial charge in [-0.05, 0) is 29.7 Å². The summed E-state index contributed by atoms with van der Waals surface area (Å²) >= 11 is 0. The van der Waals surface area contributed by atoms with Gasteiger partial charge in [-0.15, -0.1) is 0 Å². The zero-order valence-electron chi connectivity index (χ0n) is 14.7. The molecular formula is C19H21N3O3. The minimum Gasteiger partial charge on any atom is -0.508 e. The molecule has 1 amide bonds. The van der Waals surface area contributed by atoms with Crippen molar-refractivity contribution in [2.45, 2.75) is 19.8 Å². The summed E-state index contributed by atoms with van der Waals surface area (Å²) in [4.78, 5) is 18.7. The summed E-state index contributed by atoms with van der Waals surface area (Å²) in [5.74, 6) is -0.595. The summed E-state index contributed by atoms with van der Waals surface area (Å²) < 4.78 is 1.90. The third-order valence-electron chi connectivity index (χ3n) is 4.38. The van der Waals surface area contributed by atoms with E-state index in [-0.39, 0.29) is 28.9 Å². The molecule has 0 unspecified atom stereocenters. The number of aryl methyl sites for hydroxylation is 1. The molecule has 6 heteroatoms. The topological polar surface area (TPSA) is 78.6 Å². The number of hydrogen-bond acceptors (Lipinski definition) is 4. The van der Waals surface area contributed by atoms with Crippen LogP contribution in [0, 0.1) is 0 Å². The normalized spacial score (nSPS) is 11.2. The van der Waals surface area contributed by atoms with Crippen molar-refractivity contribution >= 4 is 22.6 Å². The van der Waals surface area contributed by atoms with Crippen molar-refractivity contribution < 1.29 is 15.0 Å². The van der Waals surface area contributed by atoms with Crippen molar-refractivity contribution in [3.05, 3.63) is 47.8 Å². The van der Waals surface area contributed by atoms with E-state index in [1.54, 1.807) is 19.3 Å². The average molecular weight is 339 g/mol. The molecule has 0 aliphatic rings. The minimum atomic E-state index is -0.364. The number of phenols is 2. The van der Waals surface area contributed by atoms with Crippen LogP contribution in [0.5, 0.6) is 11.5 Å². The van der Waals surface area contributed by atoms with E-state index in [0.29, 0.717) is 11.3 Å². The summed E-state index contributed by atoms with van der Waals surface area (Å²) in [7, 11) is 3.54. The van der Waals surface area contributed by atoms with Crippen molar-refractivity contribution in [2.24, 2.45) is 7.05 Å². The molecule has 130 valence electrons. The monoisotopic (exact) mass is 339 g/mol. The van der Waals surface area contributed by atoms with Crippen LogP contribution in [0.25, 0.3) is 11.0 Å². The van der Waals surface area contributed by atoms with E-state index in [2.05, 4.69) is 4.98 Å². The maximum absolute atomic E-state index is 12.8. The van der Waals surface area contributed by atoms with Crippen molar-refractivity contribution in [1.82, 2.24) is 9.55 Å². The predicted octanol–water partition coefficient (Wildman–Crippen LogP) is 3.38. The average Bonchev–Trinajstić information content (AvgIpc) is 2.94. The lowest BCUT2D eigenvalue weighted by Gasteiger charge is -2.19. The molecule has 3 rings (SSSR count). The van der Waals surface area contributed by atoms with Crippen molar-refractivity contribution in [2.75, 3.05) is 11.9 Å². The van der Waals surface area contributed by atoms with Gasteiger partial charge < -0.3 is 19.7 Å². The SMILES string of the molecule is CC(C)c1cc(C(=O)N(C)c2cnc3c(ccn3C)c2)c(O)cc1O. The lowest BCUT2D eigenvalue weighted by molar-refractivity contribution is 0.0990. The fourth-order valence-electron chi connectivity index (χ4n) is 2.85. The first-order valence-corrected chi connectivity index (χ1v) is 8.04. The summed E-state index contributed by atoms with van der Waals surface area (Å²) in [5, 5.41) is 21.0. The highest BCUT2D eigenvalue weighted by Gasteiger charge is 2.21. The molecule has 6 nitrogen and oxygen atoms in total. The first kappa shape index (κ1) is 16.8. The van der Waals surface area contributed by atoms with Gasteiger partial charge in [0.05, 0.1) is 17.4 Å². The Labute approximate surface area is 146 Å². The highest BCUT2D eigenvalue weighted by atomic mass is 16.3. The zero-order chi connectivity index (χ0) is 18.3. The number of phenolic OH excluding ortho intramolecular Hbond substituents is 2. The Morgan fingerprint density at radius 1 is 1.20 bits per heavy atom. The second-order valence-electron chi connectivity index (χ2n) is 6.48. The van der Waals surface area contributed by atoms with E-state index >= 15 is 0 Å². The third kappa shape index (κ3) is 2.91. The lowest BCUT2D eigenvalue weighted by atomic mass is 9.98. The van der Waals surface area contributed by atoms with Gasteiger partial charge >= 0.3 is 0 Å². The molecule has 2 aromatic heterocycles. The maximum Gasteiger partial charge on any atom is 0.261 e. The molecule has 0 aliphatic carbocycles. The summed E-state index contributed by atoms with van der Waals surface area (Å²) in [5.41, 5.74) is 2.23. The summed E-state index contributed by atoms with van der Waals surface area (Å²) in [6.45, 7) is 3.83.